The lowest BCUT2D eigenvalue weighted by molar-refractivity contribution is -0.123. The van der Waals surface area contributed by atoms with Gasteiger partial charge in [-0.1, -0.05) is 6.07 Å². The molecule has 4 nitrogen and oxygen atoms in total. The van der Waals surface area contributed by atoms with Crippen LogP contribution in [0, 0.1) is 10.5 Å². The van der Waals surface area contributed by atoms with Crippen LogP contribution in [0.2, 0.25) is 0 Å². The molecule has 0 radical (unpaired) electrons. The van der Waals surface area contributed by atoms with Crippen molar-refractivity contribution in [2.45, 2.75) is 32.2 Å². The number of aryl methyl sites for hydroxylation is 1. The first-order valence-electron chi connectivity index (χ1n) is 6.37. The quantitative estimate of drug-likeness (QED) is 0.808. The number of primary amides is 1. The zero-order valence-corrected chi connectivity index (χ0v) is 13.0. The number of benzene rings is 1. The molecular weight excluding hydrogens is 355 g/mol. The molecule has 1 fully saturated rings. The van der Waals surface area contributed by atoms with Crippen LogP contribution in [0.4, 0.5) is 0 Å². The lowest BCUT2D eigenvalue weighted by Gasteiger charge is -2.34. The summed E-state index contributed by atoms with van der Waals surface area (Å²) in [7, 11) is 0. The molecule has 0 saturated carbocycles. The van der Waals surface area contributed by atoms with Gasteiger partial charge in [-0.3, -0.25) is 9.59 Å². The molecule has 1 atom stereocenters. The monoisotopic (exact) mass is 372 g/mol. The van der Waals surface area contributed by atoms with Crippen molar-refractivity contribution < 1.29 is 9.59 Å². The fourth-order valence-electron chi connectivity index (χ4n) is 2.45. The highest BCUT2D eigenvalue weighted by Gasteiger charge is 2.31. The molecule has 0 spiro atoms. The van der Waals surface area contributed by atoms with E-state index in [1.807, 2.05) is 25.1 Å². The third kappa shape index (κ3) is 3.08. The van der Waals surface area contributed by atoms with Gasteiger partial charge in [-0.05, 0) is 66.5 Å². The predicted octanol–water partition coefficient (Wildman–Crippen LogP) is 2.08. The van der Waals surface area contributed by atoms with Gasteiger partial charge in [0.2, 0.25) is 5.91 Å². The molecule has 1 heterocycles. The predicted molar refractivity (Wildman–Crippen MR) is 81.8 cm³/mol. The molecule has 1 aromatic rings. The Morgan fingerprint density at radius 2 is 2.11 bits per heavy atom. The summed E-state index contributed by atoms with van der Waals surface area (Å²) >= 11 is 2.18. The van der Waals surface area contributed by atoms with E-state index in [1.54, 1.807) is 4.90 Å². The molecule has 2 rings (SSSR count). The molecule has 0 aromatic heterocycles. The Hall–Kier alpha value is -1.11. The molecule has 1 aliphatic heterocycles. The van der Waals surface area contributed by atoms with Crippen LogP contribution in [0.3, 0.4) is 0 Å². The van der Waals surface area contributed by atoms with Crippen LogP contribution >= 0.6 is 22.6 Å². The molecule has 19 heavy (non-hydrogen) atoms. The van der Waals surface area contributed by atoms with E-state index in [0.29, 0.717) is 18.5 Å². The Kier molecular flexibility index (Phi) is 4.44. The lowest BCUT2D eigenvalue weighted by Crippen LogP contribution is -2.50. The van der Waals surface area contributed by atoms with Gasteiger partial charge in [-0.25, -0.2) is 0 Å². The fourth-order valence-corrected chi connectivity index (χ4v) is 2.94. The van der Waals surface area contributed by atoms with Crippen molar-refractivity contribution in [3.8, 4) is 0 Å². The number of rotatable bonds is 2. The molecule has 1 unspecified atom stereocenters. The molecule has 2 N–H and O–H groups in total. The molecule has 0 bridgehead atoms. The van der Waals surface area contributed by atoms with Gasteiger partial charge in [-0.2, -0.15) is 0 Å². The standard InChI is InChI=1S/C14H17IN2O2/c1-9-5-6-10(15)8-11(9)14(19)17-7-3-2-4-12(17)13(16)18/h5-6,8,12H,2-4,7H2,1H3,(H2,16,18). The van der Waals surface area contributed by atoms with E-state index in [-0.39, 0.29) is 5.91 Å². The van der Waals surface area contributed by atoms with Crippen molar-refractivity contribution in [3.63, 3.8) is 0 Å². The highest BCUT2D eigenvalue weighted by Crippen LogP contribution is 2.22. The summed E-state index contributed by atoms with van der Waals surface area (Å²) in [4.78, 5) is 25.7. The van der Waals surface area contributed by atoms with Gasteiger partial charge in [0.1, 0.15) is 6.04 Å². The number of piperidine rings is 1. The van der Waals surface area contributed by atoms with Crippen LogP contribution in [0.15, 0.2) is 18.2 Å². The number of amides is 2. The third-order valence-electron chi connectivity index (χ3n) is 3.52. The maximum absolute atomic E-state index is 12.6. The molecule has 2 amide bonds. The first-order chi connectivity index (χ1) is 9.00. The Labute approximate surface area is 126 Å². The minimum absolute atomic E-state index is 0.0838. The zero-order chi connectivity index (χ0) is 14.0. The number of hydrogen-bond donors (Lipinski definition) is 1. The molecular formula is C14H17IN2O2. The van der Waals surface area contributed by atoms with Crippen molar-refractivity contribution in [1.29, 1.82) is 0 Å². The fraction of sp³-hybridized carbons (Fsp3) is 0.429. The van der Waals surface area contributed by atoms with Crippen LogP contribution in [-0.4, -0.2) is 29.3 Å². The van der Waals surface area contributed by atoms with Gasteiger partial charge in [0.05, 0.1) is 0 Å². The summed E-state index contributed by atoms with van der Waals surface area (Å²) in [5, 5.41) is 0. The number of halogens is 1. The second-order valence-electron chi connectivity index (χ2n) is 4.87. The first-order valence-corrected chi connectivity index (χ1v) is 7.45. The van der Waals surface area contributed by atoms with Crippen LogP contribution in [-0.2, 0) is 4.79 Å². The Morgan fingerprint density at radius 1 is 1.37 bits per heavy atom. The zero-order valence-electron chi connectivity index (χ0n) is 10.9. The van der Waals surface area contributed by atoms with E-state index < -0.39 is 11.9 Å². The normalized spacial score (nSPS) is 19.3. The Morgan fingerprint density at radius 3 is 2.79 bits per heavy atom. The van der Waals surface area contributed by atoms with Crippen LogP contribution in [0.25, 0.3) is 0 Å². The van der Waals surface area contributed by atoms with Crippen molar-refractivity contribution in [1.82, 2.24) is 4.90 Å². The Bertz CT molecular complexity index is 516. The minimum Gasteiger partial charge on any atom is -0.368 e. The van der Waals surface area contributed by atoms with Gasteiger partial charge in [0, 0.05) is 15.7 Å². The molecule has 102 valence electrons. The van der Waals surface area contributed by atoms with Crippen LogP contribution in [0.1, 0.15) is 35.2 Å². The Balaban J connectivity index is 2.31. The summed E-state index contributed by atoms with van der Waals surface area (Å²) in [5.41, 5.74) is 7.00. The topological polar surface area (TPSA) is 63.4 Å². The van der Waals surface area contributed by atoms with Gasteiger partial charge >= 0.3 is 0 Å². The number of likely N-dealkylation sites (tertiary alicyclic amines) is 1. The smallest absolute Gasteiger partial charge is 0.254 e. The van der Waals surface area contributed by atoms with Crippen molar-refractivity contribution >= 4 is 34.4 Å². The molecule has 1 aromatic carbocycles. The second-order valence-corrected chi connectivity index (χ2v) is 6.12. The maximum Gasteiger partial charge on any atom is 0.254 e. The second kappa shape index (κ2) is 5.90. The molecule has 1 saturated heterocycles. The van der Waals surface area contributed by atoms with E-state index in [1.165, 1.54) is 0 Å². The molecule has 5 heteroatoms. The average molecular weight is 372 g/mol. The summed E-state index contributed by atoms with van der Waals surface area (Å²) in [5.74, 6) is -0.490. The van der Waals surface area contributed by atoms with Gasteiger partial charge in [0.15, 0.2) is 0 Å². The average Bonchev–Trinajstić information content (AvgIpc) is 2.40. The minimum atomic E-state index is -0.460. The lowest BCUT2D eigenvalue weighted by atomic mass is 9.99. The molecule has 1 aliphatic rings. The number of hydrogen-bond acceptors (Lipinski definition) is 2. The maximum atomic E-state index is 12.6. The van der Waals surface area contributed by atoms with Crippen LogP contribution < -0.4 is 5.73 Å². The van der Waals surface area contributed by atoms with E-state index in [4.69, 9.17) is 5.73 Å². The number of nitrogens with zero attached hydrogens (tertiary/aromatic N) is 1. The van der Waals surface area contributed by atoms with E-state index in [9.17, 15) is 9.59 Å². The van der Waals surface area contributed by atoms with Crippen LogP contribution in [0.5, 0.6) is 0 Å². The van der Waals surface area contributed by atoms with Crippen molar-refractivity contribution in [2.75, 3.05) is 6.54 Å². The van der Waals surface area contributed by atoms with Gasteiger partial charge in [-0.15, -0.1) is 0 Å². The highest BCUT2D eigenvalue weighted by atomic mass is 127. The number of nitrogens with two attached hydrogens (primary N) is 1. The largest absolute Gasteiger partial charge is 0.368 e. The van der Waals surface area contributed by atoms with E-state index >= 15 is 0 Å². The summed E-state index contributed by atoms with van der Waals surface area (Å²) in [6.45, 7) is 2.52. The molecule has 0 aliphatic carbocycles. The van der Waals surface area contributed by atoms with E-state index in [2.05, 4.69) is 22.6 Å². The third-order valence-corrected chi connectivity index (χ3v) is 4.19. The SMILES string of the molecule is Cc1ccc(I)cc1C(=O)N1CCCCC1C(N)=O. The van der Waals surface area contributed by atoms with Gasteiger partial charge < -0.3 is 10.6 Å². The van der Waals surface area contributed by atoms with Crippen molar-refractivity contribution in [3.05, 3.63) is 32.9 Å². The number of carbonyl (C=O) groups excluding carboxylic acids is 2. The summed E-state index contributed by atoms with van der Waals surface area (Å²) in [6.07, 6.45) is 2.55. The van der Waals surface area contributed by atoms with Gasteiger partial charge in [0.25, 0.3) is 5.91 Å². The summed E-state index contributed by atoms with van der Waals surface area (Å²) in [6, 6.07) is 5.30. The first kappa shape index (κ1) is 14.3. The van der Waals surface area contributed by atoms with E-state index in [0.717, 1.165) is 22.0 Å². The summed E-state index contributed by atoms with van der Waals surface area (Å²) < 4.78 is 1.01. The highest BCUT2D eigenvalue weighted by molar-refractivity contribution is 14.1. The number of carbonyl (C=O) groups is 2. The van der Waals surface area contributed by atoms with Crippen molar-refractivity contribution in [2.24, 2.45) is 5.73 Å².